The third-order valence-corrected chi connectivity index (χ3v) is 4.27. The second kappa shape index (κ2) is 5.36. The van der Waals surface area contributed by atoms with Gasteiger partial charge in [0.05, 0.1) is 6.61 Å². The number of nitrogens with zero attached hydrogens (tertiary/aromatic N) is 1. The molecule has 2 heterocycles. The molecule has 98 valence electrons. The molecule has 0 saturated carbocycles. The lowest BCUT2D eigenvalue weighted by molar-refractivity contribution is -0.151. The average molecular weight is 240 g/mol. The van der Waals surface area contributed by atoms with Gasteiger partial charge in [-0.15, -0.1) is 0 Å². The fraction of sp³-hybridized carbons (Fsp3) is 0.923. The van der Waals surface area contributed by atoms with Crippen LogP contribution in [0.1, 0.15) is 39.5 Å². The highest BCUT2D eigenvalue weighted by Crippen LogP contribution is 2.37. The minimum atomic E-state index is -0.0785. The molecule has 0 aromatic heterocycles. The standard InChI is InChI=1S/C13H24N2O2/c1-4-17-13(16)9(2)15-11-5-6-12(15)8-10(7-11)14-3/h9-12,14H,4-8H2,1-3H3. The molecule has 4 nitrogen and oxygen atoms in total. The van der Waals surface area contributed by atoms with E-state index < -0.39 is 0 Å². The van der Waals surface area contributed by atoms with Crippen LogP contribution in [0, 0.1) is 0 Å². The maximum atomic E-state index is 11.8. The number of hydrogen-bond acceptors (Lipinski definition) is 4. The summed E-state index contributed by atoms with van der Waals surface area (Å²) in [4.78, 5) is 14.2. The minimum Gasteiger partial charge on any atom is -0.465 e. The average Bonchev–Trinajstić information content (AvgIpc) is 2.59. The molecule has 0 aliphatic carbocycles. The number of rotatable bonds is 4. The van der Waals surface area contributed by atoms with Crippen molar-refractivity contribution in [1.29, 1.82) is 0 Å². The molecule has 2 rings (SSSR count). The molecule has 3 unspecified atom stereocenters. The van der Waals surface area contributed by atoms with Gasteiger partial charge < -0.3 is 10.1 Å². The largest absolute Gasteiger partial charge is 0.465 e. The fourth-order valence-corrected chi connectivity index (χ4v) is 3.47. The van der Waals surface area contributed by atoms with Crippen LogP contribution in [0.4, 0.5) is 0 Å². The SMILES string of the molecule is CCOC(=O)C(C)N1C2CCC1CC(NC)C2. The van der Waals surface area contributed by atoms with Gasteiger partial charge in [-0.25, -0.2) is 0 Å². The van der Waals surface area contributed by atoms with Crippen molar-refractivity contribution in [1.82, 2.24) is 10.2 Å². The molecule has 0 aromatic rings. The Kier molecular flexibility index (Phi) is 4.05. The summed E-state index contributed by atoms with van der Waals surface area (Å²) in [6.45, 7) is 4.33. The molecule has 2 bridgehead atoms. The number of esters is 1. The van der Waals surface area contributed by atoms with Gasteiger partial charge in [-0.1, -0.05) is 0 Å². The number of piperidine rings is 1. The normalized spacial score (nSPS) is 34.6. The van der Waals surface area contributed by atoms with Crippen LogP contribution < -0.4 is 5.32 Å². The molecule has 2 aliphatic heterocycles. The van der Waals surface area contributed by atoms with E-state index in [1.165, 1.54) is 12.8 Å². The number of hydrogen-bond donors (Lipinski definition) is 1. The van der Waals surface area contributed by atoms with Crippen molar-refractivity contribution in [3.63, 3.8) is 0 Å². The Balaban J connectivity index is 2.01. The fourth-order valence-electron chi connectivity index (χ4n) is 3.47. The summed E-state index contributed by atoms with van der Waals surface area (Å²) in [7, 11) is 2.04. The van der Waals surface area contributed by atoms with Crippen molar-refractivity contribution in [3.05, 3.63) is 0 Å². The zero-order chi connectivity index (χ0) is 12.4. The Hall–Kier alpha value is -0.610. The second-order valence-electron chi connectivity index (χ2n) is 5.22. The van der Waals surface area contributed by atoms with Gasteiger partial charge in [-0.05, 0) is 46.6 Å². The summed E-state index contributed by atoms with van der Waals surface area (Å²) in [6, 6.07) is 1.67. The molecule has 2 aliphatic rings. The summed E-state index contributed by atoms with van der Waals surface area (Å²) in [5.41, 5.74) is 0. The monoisotopic (exact) mass is 240 g/mol. The van der Waals surface area contributed by atoms with E-state index in [1.54, 1.807) is 0 Å². The van der Waals surface area contributed by atoms with E-state index in [9.17, 15) is 4.79 Å². The van der Waals surface area contributed by atoms with Crippen LogP contribution in [-0.2, 0) is 9.53 Å². The molecule has 4 heteroatoms. The smallest absolute Gasteiger partial charge is 0.323 e. The van der Waals surface area contributed by atoms with Crippen molar-refractivity contribution in [2.24, 2.45) is 0 Å². The van der Waals surface area contributed by atoms with E-state index in [1.807, 2.05) is 20.9 Å². The predicted molar refractivity (Wildman–Crippen MR) is 66.8 cm³/mol. The quantitative estimate of drug-likeness (QED) is 0.749. The van der Waals surface area contributed by atoms with E-state index >= 15 is 0 Å². The highest BCUT2D eigenvalue weighted by atomic mass is 16.5. The first-order valence-electron chi connectivity index (χ1n) is 6.78. The highest BCUT2D eigenvalue weighted by molar-refractivity contribution is 5.75. The first kappa shape index (κ1) is 12.8. The van der Waals surface area contributed by atoms with Gasteiger partial charge in [0, 0.05) is 18.1 Å². The topological polar surface area (TPSA) is 41.6 Å². The lowest BCUT2D eigenvalue weighted by atomic mass is 9.96. The lowest BCUT2D eigenvalue weighted by Gasteiger charge is -2.41. The van der Waals surface area contributed by atoms with E-state index in [4.69, 9.17) is 4.74 Å². The second-order valence-corrected chi connectivity index (χ2v) is 5.22. The third kappa shape index (κ3) is 2.47. The van der Waals surface area contributed by atoms with Crippen LogP contribution in [0.5, 0.6) is 0 Å². The molecule has 0 aromatic carbocycles. The van der Waals surface area contributed by atoms with Gasteiger partial charge in [0.1, 0.15) is 6.04 Å². The van der Waals surface area contributed by atoms with Crippen LogP contribution in [-0.4, -0.2) is 48.7 Å². The van der Waals surface area contributed by atoms with Crippen molar-refractivity contribution in [2.45, 2.75) is 63.7 Å². The first-order chi connectivity index (χ1) is 8.17. The molecular weight excluding hydrogens is 216 g/mol. The molecule has 0 radical (unpaired) electrons. The van der Waals surface area contributed by atoms with Gasteiger partial charge in [0.2, 0.25) is 0 Å². The first-order valence-corrected chi connectivity index (χ1v) is 6.78. The van der Waals surface area contributed by atoms with Gasteiger partial charge in [0.25, 0.3) is 0 Å². The summed E-state index contributed by atoms with van der Waals surface area (Å²) >= 11 is 0. The van der Waals surface area contributed by atoms with Crippen LogP contribution in [0.15, 0.2) is 0 Å². The predicted octanol–water partition coefficient (Wildman–Crippen LogP) is 1.15. The molecule has 0 spiro atoms. The van der Waals surface area contributed by atoms with E-state index in [-0.39, 0.29) is 12.0 Å². The molecule has 3 atom stereocenters. The zero-order valence-electron chi connectivity index (χ0n) is 11.1. The Labute approximate surface area is 104 Å². The summed E-state index contributed by atoms with van der Waals surface area (Å²) in [5.74, 6) is -0.0627. The van der Waals surface area contributed by atoms with Crippen LogP contribution in [0.2, 0.25) is 0 Å². The van der Waals surface area contributed by atoms with Gasteiger partial charge >= 0.3 is 5.97 Å². The Morgan fingerprint density at radius 1 is 1.41 bits per heavy atom. The Bertz CT molecular complexity index is 269. The molecule has 17 heavy (non-hydrogen) atoms. The number of fused-ring (bicyclic) bond motifs is 2. The summed E-state index contributed by atoms with van der Waals surface area (Å²) < 4.78 is 5.14. The molecule has 1 N–H and O–H groups in total. The van der Waals surface area contributed by atoms with Gasteiger partial charge in [0.15, 0.2) is 0 Å². The Morgan fingerprint density at radius 2 is 2.00 bits per heavy atom. The van der Waals surface area contributed by atoms with E-state index in [0.717, 1.165) is 12.8 Å². The van der Waals surface area contributed by atoms with Gasteiger partial charge in [-0.3, -0.25) is 9.69 Å². The number of carbonyl (C=O) groups excluding carboxylic acids is 1. The molecule has 2 saturated heterocycles. The Morgan fingerprint density at radius 3 is 2.47 bits per heavy atom. The lowest BCUT2D eigenvalue weighted by Crippen LogP contribution is -2.54. The number of nitrogens with one attached hydrogen (secondary N) is 1. The van der Waals surface area contributed by atoms with Crippen LogP contribution >= 0.6 is 0 Å². The van der Waals surface area contributed by atoms with Crippen molar-refractivity contribution in [2.75, 3.05) is 13.7 Å². The van der Waals surface area contributed by atoms with Crippen molar-refractivity contribution < 1.29 is 9.53 Å². The maximum absolute atomic E-state index is 11.8. The van der Waals surface area contributed by atoms with Crippen molar-refractivity contribution in [3.8, 4) is 0 Å². The minimum absolute atomic E-state index is 0.0627. The van der Waals surface area contributed by atoms with E-state index in [0.29, 0.717) is 24.7 Å². The number of carbonyl (C=O) groups is 1. The highest BCUT2D eigenvalue weighted by Gasteiger charge is 2.44. The van der Waals surface area contributed by atoms with Crippen LogP contribution in [0.25, 0.3) is 0 Å². The third-order valence-electron chi connectivity index (χ3n) is 4.27. The zero-order valence-corrected chi connectivity index (χ0v) is 11.1. The van der Waals surface area contributed by atoms with Crippen molar-refractivity contribution >= 4 is 5.97 Å². The van der Waals surface area contributed by atoms with Crippen LogP contribution in [0.3, 0.4) is 0 Å². The molecule has 2 fully saturated rings. The molecule has 0 amide bonds. The number of ether oxygens (including phenoxy) is 1. The summed E-state index contributed by atoms with van der Waals surface area (Å²) in [5, 5.41) is 3.38. The van der Waals surface area contributed by atoms with E-state index in [2.05, 4.69) is 10.2 Å². The summed E-state index contributed by atoms with van der Waals surface area (Å²) in [6.07, 6.45) is 4.78. The molecular formula is C13H24N2O2. The maximum Gasteiger partial charge on any atom is 0.323 e. The van der Waals surface area contributed by atoms with Gasteiger partial charge in [-0.2, -0.15) is 0 Å².